The molecule has 98 valence electrons. The van der Waals surface area contributed by atoms with E-state index in [2.05, 4.69) is 10.1 Å². The van der Waals surface area contributed by atoms with Crippen molar-refractivity contribution in [3.05, 3.63) is 41.4 Å². The highest BCUT2D eigenvalue weighted by molar-refractivity contribution is 6.33. The van der Waals surface area contributed by atoms with Crippen LogP contribution in [-0.4, -0.2) is 14.6 Å². The van der Waals surface area contributed by atoms with Gasteiger partial charge in [0.05, 0.1) is 12.5 Å². The number of hydrogen-bond donors (Lipinski definition) is 0. The second-order valence-corrected chi connectivity index (χ2v) is 4.14. The number of aromatic nitrogens is 3. The Kier molecular flexibility index (Phi) is 2.53. The Hall–Kier alpha value is -2.02. The number of nitrogens with zero attached hydrogens (tertiary/aromatic N) is 3. The predicted molar refractivity (Wildman–Crippen MR) is 60.7 cm³/mol. The molecule has 3 aromatic rings. The standard InChI is InChI=1S/C11H5ClF3N3O/c12-6-5-16-18-9(11(13,14)15)4-7(17-10(6)18)8-2-1-3-19-8/h1-5H. The summed E-state index contributed by atoms with van der Waals surface area (Å²) in [6.45, 7) is 0. The molecule has 0 atom stereocenters. The number of rotatable bonds is 1. The molecule has 0 fully saturated rings. The summed E-state index contributed by atoms with van der Waals surface area (Å²) in [5.41, 5.74) is -0.981. The van der Waals surface area contributed by atoms with Gasteiger partial charge in [-0.15, -0.1) is 0 Å². The summed E-state index contributed by atoms with van der Waals surface area (Å²) in [6, 6.07) is 3.95. The summed E-state index contributed by atoms with van der Waals surface area (Å²) >= 11 is 5.78. The Bertz CT molecular complexity index is 734. The molecule has 0 unspecified atom stereocenters. The third-order valence-corrected chi connectivity index (χ3v) is 2.76. The van der Waals surface area contributed by atoms with E-state index < -0.39 is 11.9 Å². The van der Waals surface area contributed by atoms with Gasteiger partial charge in [0.15, 0.2) is 17.1 Å². The molecule has 0 bridgehead atoms. The van der Waals surface area contributed by atoms with Gasteiger partial charge in [0.2, 0.25) is 0 Å². The number of furan rings is 1. The quantitative estimate of drug-likeness (QED) is 0.686. The van der Waals surface area contributed by atoms with E-state index in [1.54, 1.807) is 6.07 Å². The van der Waals surface area contributed by atoms with Crippen LogP contribution in [0.15, 0.2) is 35.1 Å². The maximum Gasteiger partial charge on any atom is 0.433 e. The van der Waals surface area contributed by atoms with Crippen LogP contribution in [0.5, 0.6) is 0 Å². The van der Waals surface area contributed by atoms with Gasteiger partial charge in [-0.2, -0.15) is 18.3 Å². The second-order valence-electron chi connectivity index (χ2n) is 3.73. The van der Waals surface area contributed by atoms with E-state index in [-0.39, 0.29) is 22.1 Å². The molecule has 19 heavy (non-hydrogen) atoms. The monoisotopic (exact) mass is 287 g/mol. The lowest BCUT2D eigenvalue weighted by molar-refractivity contribution is -0.142. The van der Waals surface area contributed by atoms with Crippen LogP contribution >= 0.6 is 11.6 Å². The average Bonchev–Trinajstić information content (AvgIpc) is 2.97. The summed E-state index contributed by atoms with van der Waals surface area (Å²) in [6.07, 6.45) is -2.10. The molecule has 0 aliphatic rings. The molecule has 0 aliphatic heterocycles. The van der Waals surface area contributed by atoms with Crippen molar-refractivity contribution < 1.29 is 17.6 Å². The normalized spacial score (nSPS) is 12.2. The van der Waals surface area contributed by atoms with Crippen molar-refractivity contribution in [1.82, 2.24) is 14.6 Å². The Balaban J connectivity index is 2.35. The molecule has 3 rings (SSSR count). The molecular formula is C11H5ClF3N3O. The first-order chi connectivity index (χ1) is 8.97. The zero-order valence-corrected chi connectivity index (χ0v) is 9.90. The van der Waals surface area contributed by atoms with Gasteiger partial charge in [0.1, 0.15) is 10.7 Å². The number of fused-ring (bicyclic) bond motifs is 1. The molecule has 0 radical (unpaired) electrons. The predicted octanol–water partition coefficient (Wildman–Crippen LogP) is 3.66. The van der Waals surface area contributed by atoms with E-state index in [0.29, 0.717) is 4.52 Å². The molecule has 0 saturated carbocycles. The Morgan fingerprint density at radius 3 is 2.74 bits per heavy atom. The zero-order valence-electron chi connectivity index (χ0n) is 9.15. The molecular weight excluding hydrogens is 283 g/mol. The summed E-state index contributed by atoms with van der Waals surface area (Å²) in [5, 5.41) is 3.62. The number of alkyl halides is 3. The molecule has 3 aromatic heterocycles. The molecule has 3 heterocycles. The van der Waals surface area contributed by atoms with Gasteiger partial charge >= 0.3 is 6.18 Å². The van der Waals surface area contributed by atoms with E-state index in [9.17, 15) is 13.2 Å². The van der Waals surface area contributed by atoms with E-state index in [1.807, 2.05) is 0 Å². The van der Waals surface area contributed by atoms with Crippen LogP contribution in [0.1, 0.15) is 5.69 Å². The zero-order chi connectivity index (χ0) is 13.6. The third-order valence-electron chi connectivity index (χ3n) is 2.49. The molecule has 0 aliphatic carbocycles. The summed E-state index contributed by atoms with van der Waals surface area (Å²) in [7, 11) is 0. The lowest BCUT2D eigenvalue weighted by Crippen LogP contribution is -2.13. The molecule has 0 amide bonds. The first-order valence-electron chi connectivity index (χ1n) is 5.12. The highest BCUT2D eigenvalue weighted by atomic mass is 35.5. The van der Waals surface area contributed by atoms with Gasteiger partial charge < -0.3 is 4.42 Å². The fourth-order valence-electron chi connectivity index (χ4n) is 1.69. The van der Waals surface area contributed by atoms with Crippen LogP contribution in [0.25, 0.3) is 17.1 Å². The van der Waals surface area contributed by atoms with Crippen LogP contribution < -0.4 is 0 Å². The van der Waals surface area contributed by atoms with Crippen molar-refractivity contribution in [1.29, 1.82) is 0 Å². The van der Waals surface area contributed by atoms with Crippen molar-refractivity contribution in [2.45, 2.75) is 6.18 Å². The third kappa shape index (κ3) is 1.95. The molecule has 4 nitrogen and oxygen atoms in total. The smallest absolute Gasteiger partial charge is 0.433 e. The van der Waals surface area contributed by atoms with Crippen molar-refractivity contribution in [3.8, 4) is 11.5 Å². The van der Waals surface area contributed by atoms with E-state index in [0.717, 1.165) is 12.3 Å². The Morgan fingerprint density at radius 1 is 1.32 bits per heavy atom. The lowest BCUT2D eigenvalue weighted by atomic mass is 10.2. The fourth-order valence-corrected chi connectivity index (χ4v) is 1.85. The highest BCUT2D eigenvalue weighted by Gasteiger charge is 2.35. The second kappa shape index (κ2) is 3.99. The summed E-state index contributed by atoms with van der Waals surface area (Å²) in [5.74, 6) is 0.227. The van der Waals surface area contributed by atoms with Gasteiger partial charge in [0.25, 0.3) is 0 Å². The molecule has 0 N–H and O–H groups in total. The fraction of sp³-hybridized carbons (Fsp3) is 0.0909. The minimum absolute atomic E-state index is 0.0407. The van der Waals surface area contributed by atoms with Gasteiger partial charge in [-0.3, -0.25) is 0 Å². The Labute approximate surface area is 109 Å². The van der Waals surface area contributed by atoms with Crippen LogP contribution in [0.2, 0.25) is 5.02 Å². The van der Waals surface area contributed by atoms with Crippen LogP contribution in [-0.2, 0) is 6.18 Å². The maximum absolute atomic E-state index is 13.0. The number of hydrogen-bond acceptors (Lipinski definition) is 3. The molecule has 0 spiro atoms. The van der Waals surface area contributed by atoms with Crippen molar-refractivity contribution in [2.24, 2.45) is 0 Å². The van der Waals surface area contributed by atoms with E-state index >= 15 is 0 Å². The van der Waals surface area contributed by atoms with E-state index in [1.165, 1.54) is 12.3 Å². The van der Waals surface area contributed by atoms with Crippen LogP contribution in [0.4, 0.5) is 13.2 Å². The SMILES string of the molecule is FC(F)(F)c1cc(-c2ccco2)nc2c(Cl)cnn12. The average molecular weight is 288 g/mol. The van der Waals surface area contributed by atoms with Gasteiger partial charge in [-0.05, 0) is 18.2 Å². The minimum Gasteiger partial charge on any atom is -0.463 e. The van der Waals surface area contributed by atoms with Gasteiger partial charge in [-0.25, -0.2) is 9.50 Å². The first-order valence-corrected chi connectivity index (χ1v) is 5.50. The van der Waals surface area contributed by atoms with Crippen LogP contribution in [0.3, 0.4) is 0 Å². The van der Waals surface area contributed by atoms with Gasteiger partial charge in [-0.1, -0.05) is 11.6 Å². The number of halogens is 4. The summed E-state index contributed by atoms with van der Waals surface area (Å²) < 4.78 is 44.7. The summed E-state index contributed by atoms with van der Waals surface area (Å²) in [4.78, 5) is 4.03. The minimum atomic E-state index is -4.57. The Morgan fingerprint density at radius 2 is 2.11 bits per heavy atom. The highest BCUT2D eigenvalue weighted by Crippen LogP contribution is 2.33. The van der Waals surface area contributed by atoms with Crippen LogP contribution in [0, 0.1) is 0 Å². The van der Waals surface area contributed by atoms with Gasteiger partial charge in [0, 0.05) is 0 Å². The lowest BCUT2D eigenvalue weighted by Gasteiger charge is -2.09. The van der Waals surface area contributed by atoms with Crippen molar-refractivity contribution in [3.63, 3.8) is 0 Å². The van der Waals surface area contributed by atoms with E-state index in [4.69, 9.17) is 16.0 Å². The van der Waals surface area contributed by atoms with Crippen molar-refractivity contribution in [2.75, 3.05) is 0 Å². The topological polar surface area (TPSA) is 43.3 Å². The maximum atomic E-state index is 13.0. The van der Waals surface area contributed by atoms with Crippen molar-refractivity contribution >= 4 is 17.2 Å². The molecule has 8 heteroatoms. The molecule has 0 saturated heterocycles. The molecule has 0 aromatic carbocycles. The first kappa shape index (κ1) is 12.0. The largest absolute Gasteiger partial charge is 0.463 e.